The van der Waals surface area contributed by atoms with Gasteiger partial charge in [0.05, 0.1) is 6.04 Å². The molecule has 2 aromatic rings. The minimum absolute atomic E-state index is 0.0217. The van der Waals surface area contributed by atoms with E-state index in [2.05, 4.69) is 5.32 Å². The molecule has 0 aliphatic heterocycles. The molecule has 0 saturated heterocycles. The highest BCUT2D eigenvalue weighted by molar-refractivity contribution is 5.94. The molecule has 0 bridgehead atoms. The van der Waals surface area contributed by atoms with E-state index in [4.69, 9.17) is 0 Å². The minimum atomic E-state index is -0.0431. The average molecular weight is 380 g/mol. The van der Waals surface area contributed by atoms with Crippen LogP contribution >= 0.6 is 0 Å². The predicted molar refractivity (Wildman–Crippen MR) is 113 cm³/mol. The number of hydrogen-bond acceptors (Lipinski definition) is 3. The van der Waals surface area contributed by atoms with Crippen LogP contribution in [0.4, 0.5) is 11.4 Å². The Morgan fingerprint density at radius 3 is 2.36 bits per heavy atom. The van der Waals surface area contributed by atoms with Crippen molar-refractivity contribution < 1.29 is 9.59 Å². The maximum Gasteiger partial charge on any atom is 0.227 e. The summed E-state index contributed by atoms with van der Waals surface area (Å²) in [7, 11) is 3.97. The SMILES string of the molecule is CC(=O)N(Cc1cc(NC(=O)C2CC2)ccc1N(C)C)[C@@H](C)c1ccccc1. The number of carbonyl (C=O) groups is 2. The molecule has 2 amide bonds. The van der Waals surface area contributed by atoms with E-state index in [-0.39, 0.29) is 23.8 Å². The van der Waals surface area contributed by atoms with Crippen LogP contribution in [-0.2, 0) is 16.1 Å². The van der Waals surface area contributed by atoms with Crippen molar-refractivity contribution in [1.29, 1.82) is 0 Å². The largest absolute Gasteiger partial charge is 0.377 e. The van der Waals surface area contributed by atoms with Crippen molar-refractivity contribution in [2.45, 2.75) is 39.3 Å². The van der Waals surface area contributed by atoms with Gasteiger partial charge in [-0.2, -0.15) is 0 Å². The van der Waals surface area contributed by atoms with Gasteiger partial charge in [-0.15, -0.1) is 0 Å². The molecule has 1 aliphatic rings. The predicted octanol–water partition coefficient (Wildman–Crippen LogP) is 4.21. The van der Waals surface area contributed by atoms with Gasteiger partial charge in [0.1, 0.15) is 0 Å². The minimum Gasteiger partial charge on any atom is -0.377 e. The van der Waals surface area contributed by atoms with Gasteiger partial charge in [0, 0.05) is 44.9 Å². The van der Waals surface area contributed by atoms with Gasteiger partial charge in [-0.25, -0.2) is 0 Å². The van der Waals surface area contributed by atoms with Crippen molar-refractivity contribution in [1.82, 2.24) is 4.90 Å². The van der Waals surface area contributed by atoms with E-state index in [1.807, 2.05) is 79.3 Å². The molecule has 2 aromatic carbocycles. The molecule has 148 valence electrons. The Balaban J connectivity index is 1.87. The van der Waals surface area contributed by atoms with Crippen molar-refractivity contribution >= 4 is 23.2 Å². The number of rotatable bonds is 7. The van der Waals surface area contributed by atoms with E-state index in [1.54, 1.807) is 6.92 Å². The summed E-state index contributed by atoms with van der Waals surface area (Å²) in [5.74, 6) is 0.266. The lowest BCUT2D eigenvalue weighted by molar-refractivity contribution is -0.131. The number of benzene rings is 2. The van der Waals surface area contributed by atoms with Crippen LogP contribution in [0.15, 0.2) is 48.5 Å². The fourth-order valence-electron chi connectivity index (χ4n) is 3.43. The van der Waals surface area contributed by atoms with E-state index in [0.29, 0.717) is 6.54 Å². The van der Waals surface area contributed by atoms with Crippen LogP contribution in [0.2, 0.25) is 0 Å². The molecule has 0 aromatic heterocycles. The van der Waals surface area contributed by atoms with E-state index in [1.165, 1.54) is 0 Å². The van der Waals surface area contributed by atoms with E-state index < -0.39 is 0 Å². The smallest absolute Gasteiger partial charge is 0.227 e. The van der Waals surface area contributed by atoms with E-state index >= 15 is 0 Å². The maximum absolute atomic E-state index is 12.4. The molecule has 5 nitrogen and oxygen atoms in total. The summed E-state index contributed by atoms with van der Waals surface area (Å²) in [6, 6.07) is 15.9. The Kier molecular flexibility index (Phi) is 6.02. The number of hydrogen-bond donors (Lipinski definition) is 1. The summed E-state index contributed by atoms with van der Waals surface area (Å²) < 4.78 is 0. The van der Waals surface area contributed by atoms with Gasteiger partial charge in [-0.05, 0) is 49.1 Å². The molecule has 1 atom stereocenters. The first-order valence-corrected chi connectivity index (χ1v) is 9.80. The molecule has 28 heavy (non-hydrogen) atoms. The van der Waals surface area contributed by atoms with E-state index in [9.17, 15) is 9.59 Å². The second kappa shape index (κ2) is 8.46. The fourth-order valence-corrected chi connectivity index (χ4v) is 3.43. The van der Waals surface area contributed by atoms with Crippen LogP contribution in [-0.4, -0.2) is 30.8 Å². The zero-order valence-corrected chi connectivity index (χ0v) is 17.1. The quantitative estimate of drug-likeness (QED) is 0.784. The zero-order chi connectivity index (χ0) is 20.3. The van der Waals surface area contributed by atoms with Gasteiger partial charge < -0.3 is 15.1 Å². The standard InChI is InChI=1S/C23H29N3O2/c1-16(18-8-6-5-7-9-18)26(17(2)27)15-20-14-21(12-13-22(20)25(3)4)24-23(28)19-10-11-19/h5-9,12-14,16,19H,10-11,15H2,1-4H3,(H,24,28)/t16-/m0/s1. The molecule has 5 heteroatoms. The highest BCUT2D eigenvalue weighted by Gasteiger charge is 2.29. The van der Waals surface area contributed by atoms with Crippen LogP contribution < -0.4 is 10.2 Å². The van der Waals surface area contributed by atoms with Crippen molar-refractivity contribution in [3.05, 3.63) is 59.7 Å². The Hall–Kier alpha value is -2.82. The second-order valence-corrected chi connectivity index (χ2v) is 7.74. The summed E-state index contributed by atoms with van der Waals surface area (Å²) in [4.78, 5) is 28.5. The molecule has 1 aliphatic carbocycles. The van der Waals surface area contributed by atoms with Crippen LogP contribution in [0.25, 0.3) is 0 Å². The molecule has 1 fully saturated rings. The highest BCUT2D eigenvalue weighted by atomic mass is 16.2. The monoisotopic (exact) mass is 379 g/mol. The van der Waals surface area contributed by atoms with Gasteiger partial charge >= 0.3 is 0 Å². The Bertz CT molecular complexity index is 844. The Morgan fingerprint density at radius 1 is 1.11 bits per heavy atom. The van der Waals surface area contributed by atoms with Crippen molar-refractivity contribution in [2.75, 3.05) is 24.3 Å². The third kappa shape index (κ3) is 4.71. The molecular formula is C23H29N3O2. The third-order valence-electron chi connectivity index (χ3n) is 5.27. The van der Waals surface area contributed by atoms with Crippen LogP contribution in [0.5, 0.6) is 0 Å². The molecule has 0 spiro atoms. The summed E-state index contributed by atoms with van der Waals surface area (Å²) in [6.07, 6.45) is 1.95. The number of anilines is 2. The molecule has 0 radical (unpaired) electrons. The van der Waals surface area contributed by atoms with Crippen molar-refractivity contribution in [2.24, 2.45) is 5.92 Å². The van der Waals surface area contributed by atoms with Gasteiger partial charge in [0.2, 0.25) is 11.8 Å². The Morgan fingerprint density at radius 2 is 1.79 bits per heavy atom. The number of carbonyl (C=O) groups excluding carboxylic acids is 2. The van der Waals surface area contributed by atoms with Crippen LogP contribution in [0.3, 0.4) is 0 Å². The third-order valence-corrected chi connectivity index (χ3v) is 5.27. The molecule has 1 saturated carbocycles. The first-order chi connectivity index (χ1) is 13.4. The van der Waals surface area contributed by atoms with Gasteiger partial charge in [-0.1, -0.05) is 30.3 Å². The molecule has 0 heterocycles. The summed E-state index contributed by atoms with van der Waals surface area (Å²) in [6.45, 7) is 4.13. The summed E-state index contributed by atoms with van der Waals surface area (Å²) in [5, 5.41) is 3.01. The lowest BCUT2D eigenvalue weighted by atomic mass is 10.0. The lowest BCUT2D eigenvalue weighted by Gasteiger charge is -2.30. The number of nitrogens with zero attached hydrogens (tertiary/aromatic N) is 2. The van der Waals surface area contributed by atoms with E-state index in [0.717, 1.165) is 35.3 Å². The molecule has 1 N–H and O–H groups in total. The first-order valence-electron chi connectivity index (χ1n) is 9.80. The second-order valence-electron chi connectivity index (χ2n) is 7.74. The average Bonchev–Trinajstić information content (AvgIpc) is 3.51. The van der Waals surface area contributed by atoms with Gasteiger partial charge in [0.25, 0.3) is 0 Å². The topological polar surface area (TPSA) is 52.7 Å². The van der Waals surface area contributed by atoms with Crippen molar-refractivity contribution in [3.8, 4) is 0 Å². The summed E-state index contributed by atoms with van der Waals surface area (Å²) >= 11 is 0. The van der Waals surface area contributed by atoms with Crippen LogP contribution in [0, 0.1) is 5.92 Å². The fraction of sp³-hybridized carbons (Fsp3) is 0.391. The lowest BCUT2D eigenvalue weighted by Crippen LogP contribution is -2.31. The number of nitrogens with one attached hydrogen (secondary N) is 1. The molecule has 3 rings (SSSR count). The molecular weight excluding hydrogens is 350 g/mol. The van der Waals surface area contributed by atoms with Crippen LogP contribution in [0.1, 0.15) is 43.9 Å². The zero-order valence-electron chi connectivity index (χ0n) is 17.1. The van der Waals surface area contributed by atoms with Crippen molar-refractivity contribution in [3.63, 3.8) is 0 Å². The normalized spacial score (nSPS) is 14.3. The Labute approximate surface area is 167 Å². The van der Waals surface area contributed by atoms with Gasteiger partial charge in [-0.3, -0.25) is 9.59 Å². The maximum atomic E-state index is 12.4. The summed E-state index contributed by atoms with van der Waals surface area (Å²) in [5.41, 5.74) is 3.93. The number of amides is 2. The van der Waals surface area contributed by atoms with Gasteiger partial charge in [0.15, 0.2) is 0 Å². The first kappa shape index (κ1) is 19.9. The molecule has 0 unspecified atom stereocenters. The highest BCUT2D eigenvalue weighted by Crippen LogP contribution is 2.32.